The first-order chi connectivity index (χ1) is 13.0. The number of carbonyl (C=O) groups excluding carboxylic acids is 2. The molecular formula is C19H13N3O4S. The molecular weight excluding hydrogens is 366 g/mol. The lowest BCUT2D eigenvalue weighted by molar-refractivity contribution is -0.114. The van der Waals surface area contributed by atoms with Gasteiger partial charge >= 0.3 is 5.63 Å². The lowest BCUT2D eigenvalue weighted by atomic mass is 10.2. The predicted octanol–water partition coefficient (Wildman–Crippen LogP) is 3.61. The molecule has 2 aromatic carbocycles. The van der Waals surface area contributed by atoms with Gasteiger partial charge < -0.3 is 9.73 Å². The van der Waals surface area contributed by atoms with Crippen molar-refractivity contribution in [3.63, 3.8) is 0 Å². The van der Waals surface area contributed by atoms with Crippen LogP contribution in [-0.2, 0) is 4.79 Å². The van der Waals surface area contributed by atoms with Crippen LogP contribution in [0.4, 0.5) is 10.8 Å². The maximum atomic E-state index is 12.5. The van der Waals surface area contributed by atoms with Crippen molar-refractivity contribution in [1.82, 2.24) is 4.98 Å². The van der Waals surface area contributed by atoms with Crippen molar-refractivity contribution in [3.8, 4) is 0 Å². The molecule has 0 radical (unpaired) electrons. The molecule has 0 aliphatic rings. The third-order valence-corrected chi connectivity index (χ3v) is 4.75. The monoisotopic (exact) mass is 379 g/mol. The number of anilines is 2. The number of thiazole rings is 1. The first kappa shape index (κ1) is 16.9. The molecule has 4 rings (SSSR count). The predicted molar refractivity (Wildman–Crippen MR) is 104 cm³/mol. The summed E-state index contributed by atoms with van der Waals surface area (Å²) in [6.45, 7) is 1.43. The zero-order valence-electron chi connectivity index (χ0n) is 14.1. The molecule has 0 aliphatic heterocycles. The molecule has 0 unspecified atom stereocenters. The minimum atomic E-state index is -0.708. The number of nitrogens with one attached hydrogen (secondary N) is 2. The summed E-state index contributed by atoms with van der Waals surface area (Å²) in [6, 6.07) is 13.7. The molecule has 7 nitrogen and oxygen atoms in total. The molecule has 27 heavy (non-hydrogen) atoms. The van der Waals surface area contributed by atoms with Crippen molar-refractivity contribution >= 4 is 55.2 Å². The second-order valence-corrected chi connectivity index (χ2v) is 6.85. The topological polar surface area (TPSA) is 101 Å². The normalized spacial score (nSPS) is 10.9. The second-order valence-electron chi connectivity index (χ2n) is 5.82. The van der Waals surface area contributed by atoms with Crippen LogP contribution in [0.2, 0.25) is 0 Å². The minimum absolute atomic E-state index is 0.0908. The van der Waals surface area contributed by atoms with Crippen LogP contribution >= 0.6 is 11.3 Å². The lowest BCUT2D eigenvalue weighted by Crippen LogP contribution is -2.20. The Labute approximate surface area is 156 Å². The van der Waals surface area contributed by atoms with Crippen LogP contribution in [0.15, 0.2) is 57.7 Å². The molecule has 4 aromatic rings. The summed E-state index contributed by atoms with van der Waals surface area (Å²) in [5, 5.41) is 6.34. The maximum Gasteiger partial charge on any atom is 0.349 e. The van der Waals surface area contributed by atoms with E-state index in [0.717, 1.165) is 4.70 Å². The van der Waals surface area contributed by atoms with Gasteiger partial charge in [0.2, 0.25) is 5.91 Å². The molecule has 0 saturated carbocycles. The second kappa shape index (κ2) is 6.65. The van der Waals surface area contributed by atoms with Crippen LogP contribution in [0, 0.1) is 0 Å². The van der Waals surface area contributed by atoms with Crippen molar-refractivity contribution in [2.45, 2.75) is 6.92 Å². The van der Waals surface area contributed by atoms with Gasteiger partial charge in [-0.15, -0.1) is 0 Å². The fourth-order valence-electron chi connectivity index (χ4n) is 2.64. The number of amides is 2. The van der Waals surface area contributed by atoms with Crippen molar-refractivity contribution in [3.05, 3.63) is 64.5 Å². The highest BCUT2D eigenvalue weighted by atomic mass is 32.1. The SMILES string of the molecule is CC(=O)Nc1ccc2nc(NC(=O)c3cc4ccccc4oc3=O)sc2c1. The van der Waals surface area contributed by atoms with Crippen LogP contribution in [0.1, 0.15) is 17.3 Å². The van der Waals surface area contributed by atoms with E-state index in [0.29, 0.717) is 27.3 Å². The van der Waals surface area contributed by atoms with Gasteiger partial charge in [-0.1, -0.05) is 29.5 Å². The minimum Gasteiger partial charge on any atom is -0.422 e. The summed E-state index contributed by atoms with van der Waals surface area (Å²) >= 11 is 1.24. The van der Waals surface area contributed by atoms with E-state index in [1.54, 1.807) is 42.5 Å². The molecule has 2 aromatic heterocycles. The molecule has 2 heterocycles. The number of rotatable bonds is 3. The van der Waals surface area contributed by atoms with Gasteiger partial charge in [0.05, 0.1) is 10.2 Å². The van der Waals surface area contributed by atoms with E-state index in [4.69, 9.17) is 4.42 Å². The quantitative estimate of drug-likeness (QED) is 0.530. The smallest absolute Gasteiger partial charge is 0.349 e. The molecule has 0 spiro atoms. The number of nitrogens with zero attached hydrogens (tertiary/aromatic N) is 1. The summed E-state index contributed by atoms with van der Waals surface area (Å²) in [4.78, 5) is 40.1. The van der Waals surface area contributed by atoms with Crippen LogP contribution in [0.5, 0.6) is 0 Å². The first-order valence-electron chi connectivity index (χ1n) is 8.02. The molecule has 8 heteroatoms. The van der Waals surface area contributed by atoms with Gasteiger partial charge in [-0.2, -0.15) is 0 Å². The van der Waals surface area contributed by atoms with Crippen LogP contribution in [0.25, 0.3) is 21.2 Å². The highest BCUT2D eigenvalue weighted by Crippen LogP contribution is 2.28. The first-order valence-corrected chi connectivity index (χ1v) is 8.84. The summed E-state index contributed by atoms with van der Waals surface area (Å²) in [6.07, 6.45) is 0. The van der Waals surface area contributed by atoms with Crippen molar-refractivity contribution < 1.29 is 14.0 Å². The summed E-state index contributed by atoms with van der Waals surface area (Å²) in [5.41, 5.74) is 0.943. The zero-order chi connectivity index (χ0) is 19.0. The fraction of sp³-hybridized carbons (Fsp3) is 0.0526. The van der Waals surface area contributed by atoms with Crippen LogP contribution < -0.4 is 16.3 Å². The number of benzene rings is 2. The fourth-order valence-corrected chi connectivity index (χ4v) is 3.54. The number of fused-ring (bicyclic) bond motifs is 2. The Morgan fingerprint density at radius 1 is 1.07 bits per heavy atom. The van der Waals surface area contributed by atoms with Gasteiger partial charge in [-0.3, -0.25) is 14.9 Å². The Morgan fingerprint density at radius 2 is 1.89 bits per heavy atom. The van der Waals surface area contributed by atoms with Gasteiger partial charge in [0, 0.05) is 18.0 Å². The van der Waals surface area contributed by atoms with Crippen LogP contribution in [-0.4, -0.2) is 16.8 Å². The molecule has 0 atom stereocenters. The highest BCUT2D eigenvalue weighted by Gasteiger charge is 2.16. The molecule has 0 aliphatic carbocycles. The van der Waals surface area contributed by atoms with Gasteiger partial charge in [0.15, 0.2) is 5.13 Å². The van der Waals surface area contributed by atoms with Crippen LogP contribution in [0.3, 0.4) is 0 Å². The standard InChI is InChI=1S/C19H13N3O4S/c1-10(23)20-12-6-7-14-16(9-12)27-19(21-14)22-17(24)13-8-11-4-2-3-5-15(11)26-18(13)25/h2-9H,1H3,(H,20,23)(H,21,22,24). The third-order valence-electron chi connectivity index (χ3n) is 3.82. The lowest BCUT2D eigenvalue weighted by Gasteiger charge is -2.02. The van der Waals surface area contributed by atoms with E-state index in [-0.39, 0.29) is 11.5 Å². The Bertz CT molecular complexity index is 1260. The Balaban J connectivity index is 1.63. The van der Waals surface area contributed by atoms with E-state index in [9.17, 15) is 14.4 Å². The molecule has 0 fully saturated rings. The largest absolute Gasteiger partial charge is 0.422 e. The van der Waals surface area contributed by atoms with E-state index >= 15 is 0 Å². The van der Waals surface area contributed by atoms with E-state index in [1.807, 2.05) is 0 Å². The molecule has 2 N–H and O–H groups in total. The summed E-state index contributed by atoms with van der Waals surface area (Å²) < 4.78 is 5.98. The highest BCUT2D eigenvalue weighted by molar-refractivity contribution is 7.22. The summed E-state index contributed by atoms with van der Waals surface area (Å²) in [7, 11) is 0. The van der Waals surface area contributed by atoms with E-state index < -0.39 is 11.5 Å². The molecule has 134 valence electrons. The van der Waals surface area contributed by atoms with Gasteiger partial charge in [0.25, 0.3) is 5.91 Å². The average molecular weight is 379 g/mol. The number of carbonyl (C=O) groups is 2. The number of para-hydroxylation sites is 1. The number of aromatic nitrogens is 1. The van der Waals surface area contributed by atoms with Crippen molar-refractivity contribution in [2.75, 3.05) is 10.6 Å². The maximum absolute atomic E-state index is 12.5. The van der Waals surface area contributed by atoms with Gasteiger partial charge in [-0.25, -0.2) is 9.78 Å². The van der Waals surface area contributed by atoms with Crippen molar-refractivity contribution in [1.29, 1.82) is 0 Å². The Kier molecular flexibility index (Phi) is 4.17. The van der Waals surface area contributed by atoms with E-state index in [2.05, 4.69) is 15.6 Å². The van der Waals surface area contributed by atoms with Gasteiger partial charge in [0.1, 0.15) is 11.1 Å². The van der Waals surface area contributed by atoms with E-state index in [1.165, 1.54) is 24.3 Å². The summed E-state index contributed by atoms with van der Waals surface area (Å²) in [5.74, 6) is -0.758. The third kappa shape index (κ3) is 3.42. The number of hydrogen-bond acceptors (Lipinski definition) is 6. The molecule has 0 bridgehead atoms. The Hall–Kier alpha value is -3.52. The average Bonchev–Trinajstić information content (AvgIpc) is 3.02. The van der Waals surface area contributed by atoms with Crippen molar-refractivity contribution in [2.24, 2.45) is 0 Å². The number of hydrogen-bond donors (Lipinski definition) is 2. The van der Waals surface area contributed by atoms with Gasteiger partial charge in [-0.05, 0) is 30.3 Å². The molecule has 0 saturated heterocycles. The zero-order valence-corrected chi connectivity index (χ0v) is 14.9. The molecule has 2 amide bonds. The Morgan fingerprint density at radius 3 is 2.70 bits per heavy atom.